The summed E-state index contributed by atoms with van der Waals surface area (Å²) in [5, 5.41) is 4.11. The summed E-state index contributed by atoms with van der Waals surface area (Å²) in [5.74, 6) is 5.96. The molecule has 1 spiro atoms. The summed E-state index contributed by atoms with van der Waals surface area (Å²) in [6.07, 6.45) is 6.57. The molecule has 184 valence electrons. The van der Waals surface area contributed by atoms with Crippen LogP contribution in [0.25, 0.3) is 0 Å². The van der Waals surface area contributed by atoms with Crippen molar-refractivity contribution in [2.24, 2.45) is 12.5 Å². The highest BCUT2D eigenvalue weighted by molar-refractivity contribution is 5.94. The highest BCUT2D eigenvalue weighted by atomic mass is 19.1. The lowest BCUT2D eigenvalue weighted by Gasteiger charge is -2.46. The van der Waals surface area contributed by atoms with Gasteiger partial charge in [-0.25, -0.2) is 4.39 Å². The molecule has 2 saturated heterocycles. The molecular formula is C29H29FN4O2. The van der Waals surface area contributed by atoms with E-state index in [1.54, 1.807) is 34.0 Å². The van der Waals surface area contributed by atoms with Crippen molar-refractivity contribution in [3.8, 4) is 11.8 Å². The molecule has 2 aromatic carbocycles. The Labute approximate surface area is 210 Å². The maximum absolute atomic E-state index is 14.2. The Hall–Kier alpha value is -3.92. The van der Waals surface area contributed by atoms with Gasteiger partial charge in [0, 0.05) is 56.1 Å². The number of hydrogen-bond acceptors (Lipinski definition) is 3. The smallest absolute Gasteiger partial charge is 0.253 e. The number of carbonyl (C=O) groups is 2. The number of halogens is 1. The minimum Gasteiger partial charge on any atom is -0.339 e. The number of piperidine rings is 2. The summed E-state index contributed by atoms with van der Waals surface area (Å²) in [6, 6.07) is 14.0. The molecule has 0 bridgehead atoms. The van der Waals surface area contributed by atoms with E-state index in [0.29, 0.717) is 50.1 Å². The van der Waals surface area contributed by atoms with Crippen LogP contribution in [0.4, 0.5) is 4.39 Å². The van der Waals surface area contributed by atoms with Crippen molar-refractivity contribution in [1.29, 1.82) is 0 Å². The molecule has 3 heterocycles. The topological polar surface area (TPSA) is 58.4 Å². The zero-order chi connectivity index (χ0) is 25.1. The molecule has 1 aromatic heterocycles. The van der Waals surface area contributed by atoms with Crippen molar-refractivity contribution in [2.45, 2.75) is 32.2 Å². The Morgan fingerprint density at radius 1 is 1.00 bits per heavy atom. The highest BCUT2D eigenvalue weighted by Crippen LogP contribution is 2.41. The van der Waals surface area contributed by atoms with Crippen LogP contribution >= 0.6 is 0 Å². The van der Waals surface area contributed by atoms with Gasteiger partial charge in [-0.3, -0.25) is 14.3 Å². The number of aromatic nitrogens is 2. The molecule has 6 nitrogen and oxygen atoms in total. The summed E-state index contributed by atoms with van der Waals surface area (Å²) in [5.41, 5.74) is 2.38. The summed E-state index contributed by atoms with van der Waals surface area (Å²) < 4.78 is 15.9. The molecular weight excluding hydrogens is 455 g/mol. The van der Waals surface area contributed by atoms with E-state index in [2.05, 4.69) is 16.9 Å². The quantitative estimate of drug-likeness (QED) is 0.528. The van der Waals surface area contributed by atoms with E-state index in [1.807, 2.05) is 42.4 Å². The lowest BCUT2D eigenvalue weighted by Crippen LogP contribution is -2.54. The van der Waals surface area contributed by atoms with Crippen LogP contribution in [0.2, 0.25) is 0 Å². The van der Waals surface area contributed by atoms with Crippen LogP contribution in [0.3, 0.4) is 0 Å². The van der Waals surface area contributed by atoms with Gasteiger partial charge in [0.15, 0.2) is 0 Å². The number of rotatable bonds is 3. The van der Waals surface area contributed by atoms with Gasteiger partial charge in [0.05, 0.1) is 17.2 Å². The van der Waals surface area contributed by atoms with Crippen molar-refractivity contribution >= 4 is 11.8 Å². The molecule has 0 radical (unpaired) electrons. The fourth-order valence-electron chi connectivity index (χ4n) is 5.25. The normalized spacial score (nSPS) is 17.1. The maximum Gasteiger partial charge on any atom is 0.253 e. The van der Waals surface area contributed by atoms with Crippen LogP contribution in [0.15, 0.2) is 60.9 Å². The molecule has 0 saturated carbocycles. The minimum atomic E-state index is -0.452. The van der Waals surface area contributed by atoms with Crippen LogP contribution in [0.5, 0.6) is 0 Å². The van der Waals surface area contributed by atoms with Gasteiger partial charge in [0.2, 0.25) is 5.91 Å². The molecule has 0 unspecified atom stereocenters. The van der Waals surface area contributed by atoms with Crippen LogP contribution < -0.4 is 0 Å². The number of amides is 2. The molecule has 2 aliphatic heterocycles. The van der Waals surface area contributed by atoms with E-state index < -0.39 is 5.41 Å². The molecule has 0 atom stereocenters. The maximum atomic E-state index is 14.2. The SMILES string of the molecule is Cn1cc(C#Cc2ccc(C(=O)N3CCC4(CCCN(Cc5ccccc5F)C4=O)CC3)cc2)cn1. The summed E-state index contributed by atoms with van der Waals surface area (Å²) in [4.78, 5) is 30.2. The van der Waals surface area contributed by atoms with Crippen molar-refractivity contribution in [3.63, 3.8) is 0 Å². The van der Waals surface area contributed by atoms with Crippen molar-refractivity contribution < 1.29 is 14.0 Å². The molecule has 36 heavy (non-hydrogen) atoms. The fourth-order valence-corrected chi connectivity index (χ4v) is 5.25. The van der Waals surface area contributed by atoms with Crippen LogP contribution in [0, 0.1) is 23.1 Å². The van der Waals surface area contributed by atoms with E-state index >= 15 is 0 Å². The van der Waals surface area contributed by atoms with Crippen molar-refractivity contribution in [2.75, 3.05) is 19.6 Å². The van der Waals surface area contributed by atoms with E-state index in [4.69, 9.17) is 0 Å². The number of carbonyl (C=O) groups excluding carboxylic acids is 2. The number of benzene rings is 2. The van der Waals surface area contributed by atoms with Gasteiger partial charge in [-0.15, -0.1) is 0 Å². The molecule has 3 aromatic rings. The van der Waals surface area contributed by atoms with Gasteiger partial charge in [-0.1, -0.05) is 30.0 Å². The molecule has 0 aliphatic carbocycles. The average Bonchev–Trinajstić information content (AvgIpc) is 3.32. The lowest BCUT2D eigenvalue weighted by atomic mass is 9.71. The van der Waals surface area contributed by atoms with Gasteiger partial charge in [0.25, 0.3) is 5.91 Å². The first-order valence-corrected chi connectivity index (χ1v) is 12.4. The minimum absolute atomic E-state index is 0.0249. The zero-order valence-corrected chi connectivity index (χ0v) is 20.4. The van der Waals surface area contributed by atoms with E-state index in [9.17, 15) is 14.0 Å². The van der Waals surface area contributed by atoms with E-state index in [-0.39, 0.29) is 17.6 Å². The Morgan fingerprint density at radius 3 is 2.42 bits per heavy atom. The predicted molar refractivity (Wildman–Crippen MR) is 134 cm³/mol. The van der Waals surface area contributed by atoms with Gasteiger partial charge >= 0.3 is 0 Å². The second-order valence-electron chi connectivity index (χ2n) is 9.72. The van der Waals surface area contributed by atoms with Crippen molar-refractivity contribution in [3.05, 3.63) is 89.0 Å². The van der Waals surface area contributed by atoms with Gasteiger partial charge in [-0.2, -0.15) is 5.10 Å². The molecule has 2 aliphatic rings. The Bertz CT molecular complexity index is 1330. The Kier molecular flexibility index (Phi) is 6.60. The largest absolute Gasteiger partial charge is 0.339 e. The zero-order valence-electron chi connectivity index (χ0n) is 20.4. The molecule has 7 heteroatoms. The van der Waals surface area contributed by atoms with E-state index in [0.717, 1.165) is 24.0 Å². The standard InChI is InChI=1S/C29H29FN4O2/c1-32-20-23(19-31-32)8-7-22-9-11-24(12-10-22)27(35)33-17-14-29(15-18-33)13-4-16-34(28(29)36)21-25-5-2-3-6-26(25)30/h2-3,5-6,9-12,19-20H,4,13-18,21H2,1H3. The second-order valence-corrected chi connectivity index (χ2v) is 9.72. The number of likely N-dealkylation sites (tertiary alicyclic amines) is 2. The highest BCUT2D eigenvalue weighted by Gasteiger charge is 2.46. The summed E-state index contributed by atoms with van der Waals surface area (Å²) >= 11 is 0. The Balaban J connectivity index is 1.20. The van der Waals surface area contributed by atoms with Gasteiger partial charge in [-0.05, 0) is 56.0 Å². The van der Waals surface area contributed by atoms with Crippen LogP contribution in [-0.2, 0) is 18.4 Å². The third-order valence-corrected chi connectivity index (χ3v) is 7.34. The summed E-state index contributed by atoms with van der Waals surface area (Å²) in [7, 11) is 1.85. The van der Waals surface area contributed by atoms with Crippen LogP contribution in [0.1, 0.15) is 52.7 Å². The molecule has 2 amide bonds. The first kappa shape index (κ1) is 23.8. The van der Waals surface area contributed by atoms with Gasteiger partial charge in [0.1, 0.15) is 5.82 Å². The Morgan fingerprint density at radius 2 is 1.72 bits per heavy atom. The summed E-state index contributed by atoms with van der Waals surface area (Å²) in [6.45, 7) is 2.03. The molecule has 5 rings (SSSR count). The monoisotopic (exact) mass is 484 g/mol. The first-order chi connectivity index (χ1) is 17.4. The van der Waals surface area contributed by atoms with E-state index in [1.165, 1.54) is 6.07 Å². The lowest BCUT2D eigenvalue weighted by molar-refractivity contribution is -0.150. The third kappa shape index (κ3) is 4.90. The number of aryl methyl sites for hydroxylation is 1. The second kappa shape index (κ2) is 9.98. The average molecular weight is 485 g/mol. The van der Waals surface area contributed by atoms with Crippen LogP contribution in [-0.4, -0.2) is 51.0 Å². The number of nitrogens with zero attached hydrogens (tertiary/aromatic N) is 4. The molecule has 2 fully saturated rings. The molecule has 0 N–H and O–H groups in total. The third-order valence-electron chi connectivity index (χ3n) is 7.34. The fraction of sp³-hybridized carbons (Fsp3) is 0.345. The first-order valence-electron chi connectivity index (χ1n) is 12.4. The van der Waals surface area contributed by atoms with Gasteiger partial charge < -0.3 is 9.80 Å². The number of hydrogen-bond donors (Lipinski definition) is 0. The van der Waals surface area contributed by atoms with Crippen molar-refractivity contribution in [1.82, 2.24) is 19.6 Å². The predicted octanol–water partition coefficient (Wildman–Crippen LogP) is 4.00.